The van der Waals surface area contributed by atoms with E-state index >= 15 is 0 Å². The van der Waals surface area contributed by atoms with Gasteiger partial charge in [-0.25, -0.2) is 0 Å². The Bertz CT molecular complexity index is 254. The van der Waals surface area contributed by atoms with Crippen LogP contribution in [0.25, 0.3) is 0 Å². The van der Waals surface area contributed by atoms with Gasteiger partial charge >= 0.3 is 0 Å². The van der Waals surface area contributed by atoms with Crippen LogP contribution < -0.4 is 0 Å². The lowest BCUT2D eigenvalue weighted by molar-refractivity contribution is 0.173. The second-order valence-corrected chi connectivity index (χ2v) is 5.63. The van der Waals surface area contributed by atoms with E-state index in [9.17, 15) is 8.42 Å². The predicted molar refractivity (Wildman–Crippen MR) is 48.4 cm³/mol. The van der Waals surface area contributed by atoms with E-state index in [1.54, 1.807) is 0 Å². The van der Waals surface area contributed by atoms with Gasteiger partial charge in [0.25, 0.3) is 9.24 Å². The van der Waals surface area contributed by atoms with Gasteiger partial charge in [-0.3, -0.25) is 0 Å². The maximum Gasteiger partial charge on any atom is 0.300 e. The molecule has 1 heterocycles. The van der Waals surface area contributed by atoms with Crippen molar-refractivity contribution in [1.29, 1.82) is 0 Å². The highest BCUT2D eigenvalue weighted by molar-refractivity contribution is 8.11. The summed E-state index contributed by atoms with van der Waals surface area (Å²) in [6.45, 7) is 3.83. The highest BCUT2D eigenvalue weighted by Crippen LogP contribution is 2.15. The number of nitrogens with zero attached hydrogens (tertiary/aromatic N) is 2. The van der Waals surface area contributed by atoms with Crippen LogP contribution in [0.5, 0.6) is 0 Å². The molecule has 0 saturated carbocycles. The molecule has 72 valence electrons. The molecule has 0 spiro atoms. The molecule has 0 radical (unpaired) electrons. The number of hydrogen-bond acceptors (Lipinski definition) is 3. The Kier molecular flexibility index (Phi) is 2.98. The zero-order valence-electron chi connectivity index (χ0n) is 7.20. The van der Waals surface area contributed by atoms with Crippen LogP contribution in [-0.2, 0) is 9.24 Å². The summed E-state index contributed by atoms with van der Waals surface area (Å²) < 4.78 is 23.3. The van der Waals surface area contributed by atoms with Gasteiger partial charge in [0.05, 0.1) is 0 Å². The first kappa shape index (κ1) is 10.2. The molecule has 0 aromatic carbocycles. The first-order valence-electron chi connectivity index (χ1n) is 3.81. The van der Waals surface area contributed by atoms with Crippen LogP contribution >= 0.6 is 10.7 Å². The second-order valence-electron chi connectivity index (χ2n) is 3.16. The van der Waals surface area contributed by atoms with Crippen molar-refractivity contribution in [3.63, 3.8) is 0 Å². The van der Waals surface area contributed by atoms with Crippen LogP contribution in [-0.4, -0.2) is 50.3 Å². The van der Waals surface area contributed by atoms with Gasteiger partial charge in [0, 0.05) is 36.4 Å². The van der Waals surface area contributed by atoms with E-state index in [2.05, 4.69) is 4.90 Å². The predicted octanol–water partition coefficient (Wildman–Crippen LogP) is 0.106. The normalized spacial score (nSPS) is 29.1. The third-order valence-electron chi connectivity index (χ3n) is 2.05. The van der Waals surface area contributed by atoms with Crippen molar-refractivity contribution >= 4 is 19.9 Å². The molecule has 12 heavy (non-hydrogen) atoms. The van der Waals surface area contributed by atoms with Crippen molar-refractivity contribution < 1.29 is 8.42 Å². The lowest BCUT2D eigenvalue weighted by atomic mass is 10.2. The monoisotopic (exact) mass is 212 g/mol. The van der Waals surface area contributed by atoms with E-state index in [0.717, 1.165) is 13.1 Å². The highest BCUT2D eigenvalue weighted by atomic mass is 35.7. The molecule has 1 aliphatic rings. The van der Waals surface area contributed by atoms with Crippen molar-refractivity contribution in [2.75, 3.05) is 26.7 Å². The van der Waals surface area contributed by atoms with E-state index < -0.39 is 9.24 Å². The molecule has 0 aromatic rings. The van der Waals surface area contributed by atoms with Gasteiger partial charge in [0.2, 0.25) is 0 Å². The van der Waals surface area contributed by atoms with Crippen LogP contribution in [0.2, 0.25) is 0 Å². The Balaban J connectivity index is 2.69. The molecule has 0 N–H and O–H groups in total. The molecule has 1 atom stereocenters. The Morgan fingerprint density at radius 1 is 1.42 bits per heavy atom. The SMILES string of the molecule is CC1CN(C)CCN1S(=O)(=O)Cl. The summed E-state index contributed by atoms with van der Waals surface area (Å²) in [5, 5.41) is 0. The summed E-state index contributed by atoms with van der Waals surface area (Å²) in [5.74, 6) is 0. The maximum absolute atomic E-state index is 11.0. The first-order chi connectivity index (χ1) is 5.41. The number of hydrogen-bond donors (Lipinski definition) is 0. The van der Waals surface area contributed by atoms with Crippen molar-refractivity contribution in [3.8, 4) is 0 Å². The van der Waals surface area contributed by atoms with Crippen LogP contribution in [0.15, 0.2) is 0 Å². The Morgan fingerprint density at radius 2 is 2.00 bits per heavy atom. The topological polar surface area (TPSA) is 40.6 Å². The van der Waals surface area contributed by atoms with Crippen LogP contribution in [0.3, 0.4) is 0 Å². The highest BCUT2D eigenvalue weighted by Gasteiger charge is 2.29. The molecule has 0 bridgehead atoms. The number of rotatable bonds is 1. The second kappa shape index (κ2) is 3.49. The van der Waals surface area contributed by atoms with Crippen molar-refractivity contribution in [2.45, 2.75) is 13.0 Å². The number of halogens is 1. The summed E-state index contributed by atoms with van der Waals surface area (Å²) in [7, 11) is 3.68. The summed E-state index contributed by atoms with van der Waals surface area (Å²) in [5.41, 5.74) is 0. The van der Waals surface area contributed by atoms with Gasteiger partial charge in [0.15, 0.2) is 0 Å². The van der Waals surface area contributed by atoms with Crippen LogP contribution in [0.1, 0.15) is 6.92 Å². The maximum atomic E-state index is 11.0. The standard InChI is InChI=1S/C6H13ClN2O2S/c1-6-5-8(2)3-4-9(6)12(7,10)11/h6H,3-5H2,1-2H3. The molecular formula is C6H13ClN2O2S. The van der Waals surface area contributed by atoms with E-state index in [1.807, 2.05) is 14.0 Å². The van der Waals surface area contributed by atoms with Crippen LogP contribution in [0, 0.1) is 0 Å². The Morgan fingerprint density at radius 3 is 2.42 bits per heavy atom. The molecule has 6 heteroatoms. The summed E-state index contributed by atoms with van der Waals surface area (Å²) in [4.78, 5) is 2.09. The quantitative estimate of drug-likeness (QED) is 0.580. The molecule has 0 amide bonds. The van der Waals surface area contributed by atoms with E-state index in [4.69, 9.17) is 10.7 Å². The number of piperazine rings is 1. The smallest absolute Gasteiger partial charge is 0.300 e. The fraction of sp³-hybridized carbons (Fsp3) is 1.00. The Labute approximate surface area is 77.6 Å². The molecule has 0 aromatic heterocycles. The van der Waals surface area contributed by atoms with Gasteiger partial charge in [-0.15, -0.1) is 0 Å². The zero-order chi connectivity index (χ0) is 9.35. The van der Waals surface area contributed by atoms with Gasteiger partial charge < -0.3 is 4.90 Å². The van der Waals surface area contributed by atoms with Crippen molar-refractivity contribution in [3.05, 3.63) is 0 Å². The Hall–Kier alpha value is 0.160. The summed E-state index contributed by atoms with van der Waals surface area (Å²) in [6, 6.07) is -0.0220. The largest absolute Gasteiger partial charge is 0.303 e. The molecule has 1 aliphatic heterocycles. The van der Waals surface area contributed by atoms with E-state index in [1.165, 1.54) is 4.31 Å². The fourth-order valence-corrected chi connectivity index (χ4v) is 2.86. The van der Waals surface area contributed by atoms with Crippen LogP contribution in [0.4, 0.5) is 0 Å². The molecular weight excluding hydrogens is 200 g/mol. The molecule has 4 nitrogen and oxygen atoms in total. The molecule has 1 saturated heterocycles. The van der Waals surface area contributed by atoms with Gasteiger partial charge in [-0.2, -0.15) is 12.7 Å². The molecule has 0 aliphatic carbocycles. The fourth-order valence-electron chi connectivity index (χ4n) is 1.45. The minimum atomic E-state index is -3.52. The zero-order valence-corrected chi connectivity index (χ0v) is 8.77. The minimum Gasteiger partial charge on any atom is -0.303 e. The third kappa shape index (κ3) is 2.32. The lowest BCUT2D eigenvalue weighted by Gasteiger charge is -2.35. The lowest BCUT2D eigenvalue weighted by Crippen LogP contribution is -2.51. The third-order valence-corrected chi connectivity index (χ3v) is 3.68. The summed E-state index contributed by atoms with van der Waals surface area (Å²) >= 11 is 0. The first-order valence-corrected chi connectivity index (χ1v) is 6.08. The average Bonchev–Trinajstić information content (AvgIpc) is 1.83. The molecule has 1 fully saturated rings. The minimum absolute atomic E-state index is 0.0220. The molecule has 1 unspecified atom stereocenters. The van der Waals surface area contributed by atoms with E-state index in [-0.39, 0.29) is 6.04 Å². The van der Waals surface area contributed by atoms with Gasteiger partial charge in [-0.05, 0) is 14.0 Å². The molecule has 1 rings (SSSR count). The van der Waals surface area contributed by atoms with Crippen molar-refractivity contribution in [2.24, 2.45) is 0 Å². The average molecular weight is 213 g/mol. The van der Waals surface area contributed by atoms with Gasteiger partial charge in [-0.1, -0.05) is 0 Å². The van der Waals surface area contributed by atoms with E-state index in [0.29, 0.717) is 6.54 Å². The number of likely N-dealkylation sites (N-methyl/N-ethyl adjacent to an activating group) is 1. The van der Waals surface area contributed by atoms with Crippen molar-refractivity contribution in [1.82, 2.24) is 9.21 Å². The summed E-state index contributed by atoms with van der Waals surface area (Å²) in [6.07, 6.45) is 0. The van der Waals surface area contributed by atoms with Gasteiger partial charge in [0.1, 0.15) is 0 Å².